The van der Waals surface area contributed by atoms with E-state index >= 15 is 0 Å². The van der Waals surface area contributed by atoms with Crippen molar-refractivity contribution < 1.29 is 18.3 Å². The lowest BCUT2D eigenvalue weighted by Gasteiger charge is -2.15. The topological polar surface area (TPSA) is 20.2 Å². The fourth-order valence-corrected chi connectivity index (χ4v) is 2.76. The number of alkyl halides is 3. The highest BCUT2D eigenvalue weighted by atomic mass is 127. The van der Waals surface area contributed by atoms with Gasteiger partial charge in [0.1, 0.15) is 0 Å². The first-order valence-electron chi connectivity index (χ1n) is 6.06. The molecule has 2 aromatic rings. The third kappa shape index (κ3) is 4.43. The van der Waals surface area contributed by atoms with Gasteiger partial charge in [-0.25, -0.2) is 0 Å². The molecule has 0 aliphatic carbocycles. The minimum absolute atomic E-state index is 0.0276. The summed E-state index contributed by atoms with van der Waals surface area (Å²) in [4.78, 5) is 0. The minimum atomic E-state index is -4.45. The zero-order valence-corrected chi connectivity index (χ0v) is 14.4. The Balaban J connectivity index is 2.23. The molecule has 112 valence electrons. The Morgan fingerprint density at radius 2 is 1.71 bits per heavy atom. The van der Waals surface area contributed by atoms with Gasteiger partial charge in [-0.2, -0.15) is 13.2 Å². The Kier molecular flexibility index (Phi) is 5.32. The zero-order chi connectivity index (χ0) is 15.6. The van der Waals surface area contributed by atoms with Crippen LogP contribution in [0.15, 0.2) is 46.9 Å². The van der Waals surface area contributed by atoms with Crippen molar-refractivity contribution in [1.29, 1.82) is 0 Å². The average Bonchev–Trinajstić information content (AvgIpc) is 2.40. The van der Waals surface area contributed by atoms with Crippen molar-refractivity contribution in [3.63, 3.8) is 0 Å². The molecule has 0 aliphatic heterocycles. The molecule has 1 unspecified atom stereocenters. The summed E-state index contributed by atoms with van der Waals surface area (Å²) in [6.07, 6.45) is -5.15. The van der Waals surface area contributed by atoms with Gasteiger partial charge in [0.2, 0.25) is 0 Å². The van der Waals surface area contributed by atoms with E-state index in [0.717, 1.165) is 15.2 Å². The van der Waals surface area contributed by atoms with Crippen LogP contribution in [0.5, 0.6) is 0 Å². The molecule has 0 saturated heterocycles. The van der Waals surface area contributed by atoms with Gasteiger partial charge in [-0.3, -0.25) is 0 Å². The van der Waals surface area contributed by atoms with Crippen LogP contribution in [-0.4, -0.2) is 5.11 Å². The van der Waals surface area contributed by atoms with E-state index in [9.17, 15) is 18.3 Å². The molecule has 2 aromatic carbocycles. The van der Waals surface area contributed by atoms with Crippen LogP contribution in [0.4, 0.5) is 13.2 Å². The van der Waals surface area contributed by atoms with Crippen LogP contribution in [-0.2, 0) is 12.6 Å². The van der Waals surface area contributed by atoms with Gasteiger partial charge in [-0.05, 0) is 58.0 Å². The quantitative estimate of drug-likeness (QED) is 0.599. The zero-order valence-electron chi connectivity index (χ0n) is 10.7. The Morgan fingerprint density at radius 1 is 1.10 bits per heavy atom. The summed E-state index contributed by atoms with van der Waals surface area (Å²) in [5.41, 5.74) is 0.352. The molecule has 0 aliphatic rings. The van der Waals surface area contributed by atoms with E-state index in [0.29, 0.717) is 0 Å². The summed E-state index contributed by atoms with van der Waals surface area (Å²) in [5, 5.41) is 10.1. The van der Waals surface area contributed by atoms with E-state index in [1.54, 1.807) is 0 Å². The van der Waals surface area contributed by atoms with E-state index < -0.39 is 17.8 Å². The second-order valence-corrected chi connectivity index (χ2v) is 6.68. The normalized spacial score (nSPS) is 13.2. The van der Waals surface area contributed by atoms with Gasteiger partial charge in [0.05, 0.1) is 11.7 Å². The van der Waals surface area contributed by atoms with Gasteiger partial charge in [0.15, 0.2) is 0 Å². The molecule has 2 rings (SSSR count). The average molecular weight is 471 g/mol. The molecule has 21 heavy (non-hydrogen) atoms. The lowest BCUT2D eigenvalue weighted by atomic mass is 10.00. The third-order valence-electron chi connectivity index (χ3n) is 3.02. The van der Waals surface area contributed by atoms with Gasteiger partial charge in [0.25, 0.3) is 0 Å². The Bertz CT molecular complexity index is 626. The molecule has 6 heteroatoms. The van der Waals surface area contributed by atoms with Crippen LogP contribution in [0.3, 0.4) is 0 Å². The van der Waals surface area contributed by atoms with Gasteiger partial charge < -0.3 is 5.11 Å². The standard InChI is InChI=1S/C15H11BrF3IO/c16-13-6-3-10(8-12(13)15(17,18)19)14(21)7-9-1-4-11(20)5-2-9/h1-6,8,14,21H,7H2. The molecule has 0 bridgehead atoms. The molecule has 0 radical (unpaired) electrons. The fraction of sp³-hybridized carbons (Fsp3) is 0.200. The molecular formula is C15H11BrF3IO. The minimum Gasteiger partial charge on any atom is -0.388 e. The summed E-state index contributed by atoms with van der Waals surface area (Å²) >= 11 is 5.05. The van der Waals surface area contributed by atoms with Crippen LogP contribution >= 0.6 is 38.5 Å². The molecule has 1 atom stereocenters. The number of hydrogen-bond acceptors (Lipinski definition) is 1. The van der Waals surface area contributed by atoms with Gasteiger partial charge in [-0.15, -0.1) is 0 Å². The SMILES string of the molecule is OC(Cc1ccc(I)cc1)c1ccc(Br)c(C(F)(F)F)c1. The first kappa shape index (κ1) is 16.8. The lowest BCUT2D eigenvalue weighted by Crippen LogP contribution is -2.09. The second kappa shape index (κ2) is 6.66. The van der Waals surface area contributed by atoms with E-state index in [2.05, 4.69) is 38.5 Å². The van der Waals surface area contributed by atoms with Crippen molar-refractivity contribution in [2.75, 3.05) is 0 Å². The maximum atomic E-state index is 12.9. The number of hydrogen-bond donors (Lipinski definition) is 1. The van der Waals surface area contributed by atoms with Gasteiger partial charge >= 0.3 is 6.18 Å². The second-order valence-electron chi connectivity index (χ2n) is 4.58. The molecule has 0 amide bonds. The van der Waals surface area contributed by atoms with E-state index in [1.165, 1.54) is 12.1 Å². The molecule has 1 N–H and O–H groups in total. The number of halogens is 5. The van der Waals surface area contributed by atoms with E-state index in [1.807, 2.05) is 24.3 Å². The summed E-state index contributed by atoms with van der Waals surface area (Å²) in [6, 6.07) is 11.3. The maximum Gasteiger partial charge on any atom is 0.417 e. The smallest absolute Gasteiger partial charge is 0.388 e. The summed E-state index contributed by atoms with van der Waals surface area (Å²) in [5.74, 6) is 0. The number of aliphatic hydroxyl groups excluding tert-OH is 1. The number of aliphatic hydroxyl groups is 1. The highest BCUT2D eigenvalue weighted by molar-refractivity contribution is 14.1. The predicted molar refractivity (Wildman–Crippen MR) is 87.0 cm³/mol. The Morgan fingerprint density at radius 3 is 2.29 bits per heavy atom. The van der Waals surface area contributed by atoms with Crippen molar-refractivity contribution >= 4 is 38.5 Å². The molecule has 0 spiro atoms. The van der Waals surface area contributed by atoms with Crippen LogP contribution in [0.25, 0.3) is 0 Å². The number of rotatable bonds is 3. The third-order valence-corrected chi connectivity index (χ3v) is 4.43. The molecule has 0 saturated carbocycles. The van der Waals surface area contributed by atoms with Crippen molar-refractivity contribution in [2.24, 2.45) is 0 Å². The number of benzene rings is 2. The first-order chi connectivity index (χ1) is 9.77. The van der Waals surface area contributed by atoms with E-state index in [-0.39, 0.29) is 16.5 Å². The first-order valence-corrected chi connectivity index (χ1v) is 7.93. The highest BCUT2D eigenvalue weighted by Gasteiger charge is 2.33. The Hall–Kier alpha value is -0.600. The largest absolute Gasteiger partial charge is 0.417 e. The predicted octanol–water partition coefficient (Wildman–Crippen LogP) is 5.35. The molecular weight excluding hydrogens is 460 g/mol. The van der Waals surface area contributed by atoms with Gasteiger partial charge in [-0.1, -0.05) is 34.1 Å². The van der Waals surface area contributed by atoms with Gasteiger partial charge in [0, 0.05) is 14.5 Å². The summed E-state index contributed by atoms with van der Waals surface area (Å²) in [7, 11) is 0. The maximum absolute atomic E-state index is 12.9. The van der Waals surface area contributed by atoms with Crippen LogP contribution < -0.4 is 0 Å². The molecule has 0 heterocycles. The highest BCUT2D eigenvalue weighted by Crippen LogP contribution is 2.36. The summed E-state index contributed by atoms with van der Waals surface area (Å²) in [6.45, 7) is 0. The fourth-order valence-electron chi connectivity index (χ4n) is 1.93. The van der Waals surface area contributed by atoms with Crippen LogP contribution in [0.1, 0.15) is 22.8 Å². The van der Waals surface area contributed by atoms with Crippen LogP contribution in [0.2, 0.25) is 0 Å². The van der Waals surface area contributed by atoms with E-state index in [4.69, 9.17) is 0 Å². The summed E-state index contributed by atoms with van der Waals surface area (Å²) < 4.78 is 39.6. The van der Waals surface area contributed by atoms with Crippen molar-refractivity contribution in [3.05, 3.63) is 67.2 Å². The molecule has 0 fully saturated rings. The van der Waals surface area contributed by atoms with Crippen LogP contribution in [0, 0.1) is 3.57 Å². The van der Waals surface area contributed by atoms with Crippen molar-refractivity contribution in [2.45, 2.75) is 18.7 Å². The monoisotopic (exact) mass is 470 g/mol. The lowest BCUT2D eigenvalue weighted by molar-refractivity contribution is -0.138. The molecule has 0 aromatic heterocycles. The Labute approximate surface area is 142 Å². The molecule has 1 nitrogen and oxygen atoms in total. The van der Waals surface area contributed by atoms with Crippen molar-refractivity contribution in [3.8, 4) is 0 Å². The van der Waals surface area contributed by atoms with Crippen molar-refractivity contribution in [1.82, 2.24) is 0 Å².